The van der Waals surface area contributed by atoms with Crippen molar-refractivity contribution in [1.82, 2.24) is 10.2 Å². The van der Waals surface area contributed by atoms with Gasteiger partial charge in [-0.05, 0) is 31.7 Å². The first-order chi connectivity index (χ1) is 13.3. The van der Waals surface area contributed by atoms with Crippen LogP contribution in [-0.2, 0) is 14.3 Å². The van der Waals surface area contributed by atoms with Crippen LogP contribution in [0.1, 0.15) is 16.8 Å². The van der Waals surface area contributed by atoms with Crippen LogP contribution in [0, 0.1) is 5.82 Å². The Morgan fingerprint density at radius 2 is 2.21 bits per heavy atom. The summed E-state index contributed by atoms with van der Waals surface area (Å²) >= 11 is 5.70. The van der Waals surface area contributed by atoms with Crippen LogP contribution in [0.5, 0.6) is 0 Å². The van der Waals surface area contributed by atoms with E-state index in [0.29, 0.717) is 32.7 Å². The van der Waals surface area contributed by atoms with E-state index in [-0.39, 0.29) is 17.1 Å². The third-order valence-electron chi connectivity index (χ3n) is 4.21. The van der Waals surface area contributed by atoms with Crippen LogP contribution >= 0.6 is 11.6 Å². The lowest BCUT2D eigenvalue weighted by atomic mass is 9.98. The van der Waals surface area contributed by atoms with Gasteiger partial charge in [0.25, 0.3) is 12.4 Å². The normalized spacial score (nSPS) is 21.6. The van der Waals surface area contributed by atoms with Crippen molar-refractivity contribution in [3.8, 4) is 0 Å². The van der Waals surface area contributed by atoms with E-state index in [1.165, 1.54) is 12.1 Å². The van der Waals surface area contributed by atoms with Gasteiger partial charge in [0.05, 0.1) is 24.3 Å². The van der Waals surface area contributed by atoms with Gasteiger partial charge in [-0.2, -0.15) is 0 Å². The third-order valence-corrected chi connectivity index (χ3v) is 4.45. The summed E-state index contributed by atoms with van der Waals surface area (Å²) in [6, 6.07) is 3.37. The minimum atomic E-state index is -0.877. The highest BCUT2D eigenvalue weighted by Gasteiger charge is 2.34. The largest absolute Gasteiger partial charge is 0.483 e. The Kier molecular flexibility index (Phi) is 10.9. The van der Waals surface area contributed by atoms with Gasteiger partial charge in [0.15, 0.2) is 0 Å². The van der Waals surface area contributed by atoms with Gasteiger partial charge in [-0.3, -0.25) is 9.59 Å². The number of ether oxygens (including phenoxy) is 2. The van der Waals surface area contributed by atoms with E-state index in [9.17, 15) is 14.3 Å². The van der Waals surface area contributed by atoms with Gasteiger partial charge < -0.3 is 29.9 Å². The number of nitrogens with zero attached hydrogens (tertiary/aromatic N) is 1. The van der Waals surface area contributed by atoms with E-state index < -0.39 is 30.0 Å². The molecule has 28 heavy (non-hydrogen) atoms. The van der Waals surface area contributed by atoms with Crippen molar-refractivity contribution in [1.29, 1.82) is 0 Å². The molecule has 1 saturated heterocycles. The standard InChI is InChI=1S/C17H24ClFN2O4.CH2O2/c1-21(6-8-24-2)10-15-16(22)14(5-7-25-15)20-17(23)12-4-3-11(18)9-13(12)19;2-1-3/h3-4,9,14-16,22H,5-8,10H2,1-2H3,(H,20,23);1H,(H,2,3)/t14-,15+,16-;/m0./s1. The fourth-order valence-electron chi connectivity index (χ4n) is 2.76. The van der Waals surface area contributed by atoms with Gasteiger partial charge in [0.1, 0.15) is 11.9 Å². The molecule has 10 heteroatoms. The van der Waals surface area contributed by atoms with Crippen LogP contribution in [0.4, 0.5) is 4.39 Å². The Morgan fingerprint density at radius 1 is 1.54 bits per heavy atom. The summed E-state index contributed by atoms with van der Waals surface area (Å²) in [5, 5.41) is 20.3. The predicted octanol–water partition coefficient (Wildman–Crippen LogP) is 1.01. The molecule has 0 spiro atoms. The molecule has 1 aromatic rings. The lowest BCUT2D eigenvalue weighted by Gasteiger charge is -2.37. The molecule has 0 bridgehead atoms. The molecule has 1 heterocycles. The van der Waals surface area contributed by atoms with E-state index in [2.05, 4.69) is 5.32 Å². The number of halogens is 2. The van der Waals surface area contributed by atoms with E-state index in [1.54, 1.807) is 7.11 Å². The first kappa shape index (κ1) is 24.3. The van der Waals surface area contributed by atoms with E-state index in [0.717, 1.165) is 6.07 Å². The SMILES string of the molecule is COCCN(C)C[C@H]1OCC[C@H](NC(=O)c2ccc(Cl)cc2F)[C@@H]1O.O=CO. The summed E-state index contributed by atoms with van der Waals surface area (Å²) < 4.78 is 24.5. The predicted molar refractivity (Wildman–Crippen MR) is 101 cm³/mol. The van der Waals surface area contributed by atoms with Crippen molar-refractivity contribution < 1.29 is 33.7 Å². The molecule has 1 fully saturated rings. The van der Waals surface area contributed by atoms with Gasteiger partial charge in [0.2, 0.25) is 0 Å². The van der Waals surface area contributed by atoms with E-state index in [4.69, 9.17) is 31.0 Å². The van der Waals surface area contributed by atoms with Crippen molar-refractivity contribution >= 4 is 24.0 Å². The molecule has 0 aliphatic carbocycles. The molecule has 0 unspecified atom stereocenters. The Labute approximate surface area is 168 Å². The van der Waals surface area contributed by atoms with Crippen LogP contribution in [0.2, 0.25) is 5.02 Å². The van der Waals surface area contributed by atoms with Gasteiger partial charge in [-0.15, -0.1) is 0 Å². The number of nitrogens with one attached hydrogen (secondary N) is 1. The van der Waals surface area contributed by atoms with Crippen molar-refractivity contribution in [3.63, 3.8) is 0 Å². The van der Waals surface area contributed by atoms with Crippen LogP contribution in [0.15, 0.2) is 18.2 Å². The number of benzene rings is 1. The Bertz CT molecular complexity index is 636. The molecule has 8 nitrogen and oxygen atoms in total. The van der Waals surface area contributed by atoms with Gasteiger partial charge in [0, 0.05) is 31.8 Å². The average molecular weight is 421 g/mol. The Hall–Kier alpha value is -1.78. The number of carbonyl (C=O) groups excluding carboxylic acids is 1. The maximum absolute atomic E-state index is 13.9. The molecule has 1 aromatic carbocycles. The molecule has 1 amide bonds. The minimum Gasteiger partial charge on any atom is -0.483 e. The fourth-order valence-corrected chi connectivity index (χ4v) is 2.92. The molecule has 158 valence electrons. The number of hydrogen-bond acceptors (Lipinski definition) is 6. The number of rotatable bonds is 7. The van der Waals surface area contributed by atoms with Gasteiger partial charge >= 0.3 is 0 Å². The zero-order valence-electron chi connectivity index (χ0n) is 15.8. The highest BCUT2D eigenvalue weighted by atomic mass is 35.5. The van der Waals surface area contributed by atoms with Crippen molar-refractivity contribution in [2.75, 3.05) is 40.5 Å². The monoisotopic (exact) mass is 420 g/mol. The summed E-state index contributed by atoms with van der Waals surface area (Å²) in [4.78, 5) is 22.6. The number of carbonyl (C=O) groups is 2. The maximum Gasteiger partial charge on any atom is 0.290 e. The molecular weight excluding hydrogens is 395 g/mol. The van der Waals surface area contributed by atoms with Crippen LogP contribution in [0.3, 0.4) is 0 Å². The fraction of sp³-hybridized carbons (Fsp3) is 0.556. The molecule has 0 radical (unpaired) electrons. The number of likely N-dealkylation sites (N-methyl/N-ethyl adjacent to an activating group) is 1. The second kappa shape index (κ2) is 12.6. The van der Waals surface area contributed by atoms with Gasteiger partial charge in [-0.1, -0.05) is 11.6 Å². The van der Waals surface area contributed by atoms with Crippen molar-refractivity contribution in [3.05, 3.63) is 34.6 Å². The minimum absolute atomic E-state index is 0.100. The molecule has 0 saturated carbocycles. The first-order valence-electron chi connectivity index (χ1n) is 8.65. The van der Waals surface area contributed by atoms with Crippen molar-refractivity contribution in [2.24, 2.45) is 0 Å². The molecule has 2 rings (SSSR count). The smallest absolute Gasteiger partial charge is 0.290 e. The third kappa shape index (κ3) is 7.69. The summed E-state index contributed by atoms with van der Waals surface area (Å²) in [6.07, 6.45) is -0.852. The van der Waals surface area contributed by atoms with Crippen LogP contribution in [-0.4, -0.2) is 86.2 Å². The second-order valence-corrected chi connectivity index (χ2v) is 6.69. The molecule has 0 aromatic heterocycles. The molecule has 3 N–H and O–H groups in total. The summed E-state index contributed by atoms with van der Waals surface area (Å²) in [7, 11) is 3.53. The highest BCUT2D eigenvalue weighted by molar-refractivity contribution is 6.30. The van der Waals surface area contributed by atoms with E-state index in [1.807, 2.05) is 11.9 Å². The number of aliphatic hydroxyl groups excluding tert-OH is 1. The summed E-state index contributed by atoms with van der Waals surface area (Å²) in [5.41, 5.74) is -0.100. The molecule has 3 atom stereocenters. The molecular formula is C18H26ClFN2O6. The maximum atomic E-state index is 13.9. The second-order valence-electron chi connectivity index (χ2n) is 6.25. The van der Waals surface area contributed by atoms with Gasteiger partial charge in [-0.25, -0.2) is 4.39 Å². The zero-order chi connectivity index (χ0) is 21.1. The first-order valence-corrected chi connectivity index (χ1v) is 9.02. The quantitative estimate of drug-likeness (QED) is 0.565. The zero-order valence-corrected chi connectivity index (χ0v) is 16.6. The summed E-state index contributed by atoms with van der Waals surface area (Å²) in [5.74, 6) is -1.27. The van der Waals surface area contributed by atoms with Crippen molar-refractivity contribution in [2.45, 2.75) is 24.7 Å². The number of amides is 1. The molecule has 1 aliphatic heterocycles. The molecule has 1 aliphatic rings. The summed E-state index contributed by atoms with van der Waals surface area (Å²) in [6.45, 7) is 1.95. The lowest BCUT2D eigenvalue weighted by molar-refractivity contribution is -0.122. The van der Waals surface area contributed by atoms with Crippen LogP contribution in [0.25, 0.3) is 0 Å². The number of aliphatic hydroxyl groups is 1. The lowest BCUT2D eigenvalue weighted by Crippen LogP contribution is -2.56. The Morgan fingerprint density at radius 3 is 2.82 bits per heavy atom. The van der Waals surface area contributed by atoms with E-state index >= 15 is 0 Å². The Balaban J connectivity index is 0.00000122. The highest BCUT2D eigenvalue weighted by Crippen LogP contribution is 2.18. The number of carboxylic acid groups (broad SMARTS) is 1. The topological polar surface area (TPSA) is 108 Å². The number of methoxy groups -OCH3 is 1. The number of hydrogen-bond donors (Lipinski definition) is 3. The average Bonchev–Trinajstić information content (AvgIpc) is 2.64. The van der Waals surface area contributed by atoms with Crippen LogP contribution < -0.4 is 5.32 Å².